The monoisotopic (exact) mass is 805 g/mol. The molecule has 3 aromatic carbocycles. The van der Waals surface area contributed by atoms with Gasteiger partial charge in [-0.2, -0.15) is 0 Å². The van der Waals surface area contributed by atoms with Gasteiger partial charge in [-0.15, -0.1) is 0 Å². The number of nitrogens with zero attached hydrogens (tertiary/aromatic N) is 3. The summed E-state index contributed by atoms with van der Waals surface area (Å²) in [6.07, 6.45) is 5.13. The zero-order valence-electron chi connectivity index (χ0n) is 33.6. The molecule has 2 N–H and O–H groups in total. The molecule has 1 aliphatic carbocycles. The normalized spacial score (nSPS) is 22.9. The van der Waals surface area contributed by atoms with E-state index in [1.807, 2.05) is 31.7 Å². The van der Waals surface area contributed by atoms with E-state index < -0.39 is 32.6 Å². The van der Waals surface area contributed by atoms with E-state index in [2.05, 4.69) is 26.5 Å². The summed E-state index contributed by atoms with van der Waals surface area (Å²) in [4.78, 5) is 31.9. The Morgan fingerprint density at radius 2 is 1.51 bits per heavy atom. The fourth-order valence-corrected chi connectivity index (χ4v) is 11.1. The van der Waals surface area contributed by atoms with Gasteiger partial charge in [-0.1, -0.05) is 18.6 Å². The third kappa shape index (κ3) is 8.85. The topological polar surface area (TPSA) is 111 Å². The third-order valence-electron chi connectivity index (χ3n) is 12.6. The standard InChI is InChI=1S/C44H57F2N5O5S/c1-42(2,3)56-41(53)48-39-11-6-10-38(39)44(30-49-22-7-23-49,33-8-5-9-34(45)26-33)32-20-24-50(25-21-32)27-43(46)28-51(29-43)35-14-18-37(19-15-35)57(54,55)36-16-12-31(13-17-36)40(52)47-4/h5,8-9,12-19,26,32,38-39H,6-7,10-11,20-25,27-30H2,1-4H3,(H,47,52)(H,48,53)/t38-,39-,44-/m0/s1. The molecule has 0 aromatic heterocycles. The number of nitrogens with one attached hydrogen (secondary N) is 2. The molecule has 3 heterocycles. The van der Waals surface area contributed by atoms with Crippen LogP contribution < -0.4 is 15.5 Å². The van der Waals surface area contributed by atoms with Crippen molar-refractivity contribution in [3.05, 3.63) is 89.7 Å². The van der Waals surface area contributed by atoms with E-state index in [0.717, 1.165) is 82.5 Å². The Morgan fingerprint density at radius 1 is 0.860 bits per heavy atom. The molecule has 0 spiro atoms. The molecule has 3 aliphatic heterocycles. The summed E-state index contributed by atoms with van der Waals surface area (Å²) < 4.78 is 63.7. The first-order valence-corrected chi connectivity index (χ1v) is 21.9. The predicted octanol–water partition coefficient (Wildman–Crippen LogP) is 6.60. The van der Waals surface area contributed by atoms with Crippen molar-refractivity contribution >= 4 is 27.5 Å². The molecule has 0 radical (unpaired) electrons. The molecule has 3 aromatic rings. The van der Waals surface area contributed by atoms with Gasteiger partial charge in [0.15, 0.2) is 5.67 Å². The molecule has 0 unspecified atom stereocenters. The molecule has 13 heteroatoms. The molecule has 3 atom stereocenters. The molecule has 4 fully saturated rings. The second-order valence-electron chi connectivity index (χ2n) is 17.6. The molecule has 57 heavy (non-hydrogen) atoms. The number of halogens is 2. The summed E-state index contributed by atoms with van der Waals surface area (Å²) in [5, 5.41) is 5.76. The summed E-state index contributed by atoms with van der Waals surface area (Å²) in [6, 6.07) is 19.3. The SMILES string of the molecule is CNC(=O)c1ccc(S(=O)(=O)c2ccc(N3CC(F)(CN4CCC([C@@](CN5CCC5)(c5cccc(F)c5)[C@H]5CCC[C@@H]5NC(=O)OC(C)(C)C)CC4)C3)cc2)cc1. The fourth-order valence-electron chi connectivity index (χ4n) is 9.82. The summed E-state index contributed by atoms with van der Waals surface area (Å²) in [7, 11) is -2.28. The fraction of sp³-hybridized carbons (Fsp3) is 0.545. The predicted molar refractivity (Wildman–Crippen MR) is 217 cm³/mol. The van der Waals surface area contributed by atoms with Gasteiger partial charge in [-0.25, -0.2) is 22.0 Å². The van der Waals surface area contributed by atoms with Crippen molar-refractivity contribution in [3.8, 4) is 0 Å². The van der Waals surface area contributed by atoms with Crippen molar-refractivity contribution in [2.45, 2.75) is 91.8 Å². The van der Waals surface area contributed by atoms with Gasteiger partial charge in [0.25, 0.3) is 5.91 Å². The zero-order chi connectivity index (χ0) is 40.6. The van der Waals surface area contributed by atoms with Crippen LogP contribution in [0, 0.1) is 17.7 Å². The minimum Gasteiger partial charge on any atom is -0.444 e. The van der Waals surface area contributed by atoms with E-state index >= 15 is 8.78 Å². The van der Waals surface area contributed by atoms with Crippen LogP contribution in [0.25, 0.3) is 0 Å². The number of carbonyl (C=O) groups excluding carboxylic acids is 2. The lowest BCUT2D eigenvalue weighted by Crippen LogP contribution is -2.65. The number of ether oxygens (including phenoxy) is 1. The van der Waals surface area contributed by atoms with Gasteiger partial charge < -0.3 is 25.2 Å². The Hall–Kier alpha value is -4.07. The van der Waals surface area contributed by atoms with Crippen molar-refractivity contribution in [1.82, 2.24) is 20.4 Å². The van der Waals surface area contributed by atoms with Gasteiger partial charge in [0.2, 0.25) is 9.84 Å². The molecule has 3 saturated heterocycles. The minimum absolute atomic E-state index is 0.0904. The first-order chi connectivity index (χ1) is 27.1. The Bertz CT molecular complexity index is 2010. The number of rotatable bonds is 12. The van der Waals surface area contributed by atoms with Crippen LogP contribution >= 0.6 is 0 Å². The molecule has 1 saturated carbocycles. The van der Waals surface area contributed by atoms with Gasteiger partial charge in [-0.05, 0) is 157 Å². The summed E-state index contributed by atoms with van der Waals surface area (Å²) >= 11 is 0. The van der Waals surface area contributed by atoms with E-state index in [4.69, 9.17) is 4.74 Å². The highest BCUT2D eigenvalue weighted by Gasteiger charge is 2.54. The van der Waals surface area contributed by atoms with Gasteiger partial charge in [0, 0.05) is 42.8 Å². The van der Waals surface area contributed by atoms with Crippen molar-refractivity contribution in [2.24, 2.45) is 11.8 Å². The molecule has 10 nitrogen and oxygen atoms in total. The van der Waals surface area contributed by atoms with Gasteiger partial charge >= 0.3 is 6.09 Å². The molecular formula is C44H57F2N5O5S. The smallest absolute Gasteiger partial charge is 0.407 e. The maximum absolute atomic E-state index is 16.3. The van der Waals surface area contributed by atoms with Gasteiger partial charge in [0.05, 0.1) is 22.9 Å². The number of anilines is 1. The van der Waals surface area contributed by atoms with Crippen LogP contribution in [-0.4, -0.2) is 107 Å². The first-order valence-electron chi connectivity index (χ1n) is 20.4. The maximum Gasteiger partial charge on any atom is 0.407 e. The van der Waals surface area contributed by atoms with Gasteiger partial charge in [-0.3, -0.25) is 9.69 Å². The number of hydrogen-bond donors (Lipinski definition) is 2. The third-order valence-corrected chi connectivity index (χ3v) is 14.4. The molecule has 2 amide bonds. The average Bonchev–Trinajstić information content (AvgIpc) is 3.61. The quantitative estimate of drug-likeness (QED) is 0.211. The molecule has 308 valence electrons. The second-order valence-corrected chi connectivity index (χ2v) is 19.6. The Morgan fingerprint density at radius 3 is 2.09 bits per heavy atom. The number of benzene rings is 3. The highest BCUT2D eigenvalue weighted by atomic mass is 32.2. The number of hydrogen-bond acceptors (Lipinski definition) is 8. The number of alkyl carbamates (subject to hydrolysis) is 1. The summed E-state index contributed by atoms with van der Waals surface area (Å²) in [5.74, 6) is -0.256. The highest BCUT2D eigenvalue weighted by molar-refractivity contribution is 7.91. The Balaban J connectivity index is 1.02. The average molecular weight is 806 g/mol. The zero-order valence-corrected chi connectivity index (χ0v) is 34.4. The molecular weight excluding hydrogens is 749 g/mol. The maximum atomic E-state index is 16.3. The minimum atomic E-state index is -3.80. The number of piperidine rings is 1. The Kier molecular flexibility index (Phi) is 11.7. The highest BCUT2D eigenvalue weighted by Crippen LogP contribution is 2.52. The van der Waals surface area contributed by atoms with E-state index in [1.165, 1.54) is 37.4 Å². The van der Waals surface area contributed by atoms with Gasteiger partial charge in [0.1, 0.15) is 11.4 Å². The number of amides is 2. The van der Waals surface area contributed by atoms with Crippen LogP contribution in [0.5, 0.6) is 0 Å². The van der Waals surface area contributed by atoms with Crippen LogP contribution in [0.1, 0.15) is 75.2 Å². The number of carbonyl (C=O) groups is 2. The van der Waals surface area contributed by atoms with E-state index in [0.29, 0.717) is 12.1 Å². The van der Waals surface area contributed by atoms with E-state index in [1.54, 1.807) is 30.3 Å². The van der Waals surface area contributed by atoms with Crippen molar-refractivity contribution < 1.29 is 31.5 Å². The number of sulfone groups is 1. The summed E-state index contributed by atoms with van der Waals surface area (Å²) in [5.41, 5.74) is -0.311. The van der Waals surface area contributed by atoms with E-state index in [-0.39, 0.29) is 52.5 Å². The first kappa shape index (κ1) is 41.1. The molecule has 4 aliphatic rings. The lowest BCUT2D eigenvalue weighted by Gasteiger charge is -2.54. The second kappa shape index (κ2) is 16.3. The molecule has 7 rings (SSSR count). The Labute approximate surface area is 336 Å². The van der Waals surface area contributed by atoms with E-state index in [9.17, 15) is 18.0 Å². The molecule has 0 bridgehead atoms. The van der Waals surface area contributed by atoms with Crippen LogP contribution in [-0.2, 0) is 20.0 Å². The van der Waals surface area contributed by atoms with Crippen LogP contribution in [0.2, 0.25) is 0 Å². The largest absolute Gasteiger partial charge is 0.444 e. The number of likely N-dealkylation sites (tertiary alicyclic amines) is 2. The summed E-state index contributed by atoms with van der Waals surface area (Å²) in [6.45, 7) is 10.6. The van der Waals surface area contributed by atoms with Crippen molar-refractivity contribution in [1.29, 1.82) is 0 Å². The van der Waals surface area contributed by atoms with Crippen LogP contribution in [0.3, 0.4) is 0 Å². The number of alkyl halides is 1. The van der Waals surface area contributed by atoms with Crippen molar-refractivity contribution in [3.63, 3.8) is 0 Å². The van der Waals surface area contributed by atoms with Crippen LogP contribution in [0.4, 0.5) is 19.3 Å². The lowest BCUT2D eigenvalue weighted by atomic mass is 9.57. The van der Waals surface area contributed by atoms with Crippen LogP contribution in [0.15, 0.2) is 82.6 Å². The van der Waals surface area contributed by atoms with Crippen molar-refractivity contribution in [2.75, 3.05) is 64.3 Å². The lowest BCUT2D eigenvalue weighted by molar-refractivity contribution is 0.00378.